The highest BCUT2D eigenvalue weighted by Gasteiger charge is 2.32. The smallest absolute Gasteiger partial charge is 0.227 e. The predicted molar refractivity (Wildman–Crippen MR) is 94.7 cm³/mol. The Labute approximate surface area is 152 Å². The Bertz CT molecular complexity index is 759. The van der Waals surface area contributed by atoms with Gasteiger partial charge in [-0.2, -0.15) is 4.98 Å². The number of hydrogen-bond acceptors (Lipinski definition) is 4. The van der Waals surface area contributed by atoms with E-state index >= 15 is 0 Å². The van der Waals surface area contributed by atoms with Crippen molar-refractivity contribution in [3.05, 3.63) is 36.0 Å². The summed E-state index contributed by atoms with van der Waals surface area (Å²) in [4.78, 5) is 18.9. The van der Waals surface area contributed by atoms with Crippen molar-refractivity contribution in [3.63, 3.8) is 0 Å². The second-order valence-electron chi connectivity index (χ2n) is 7.45. The Kier molecular flexibility index (Phi) is 5.00. The molecule has 2 fully saturated rings. The first kappa shape index (κ1) is 17.2. The van der Waals surface area contributed by atoms with Gasteiger partial charge in [-0.25, -0.2) is 4.39 Å². The lowest BCUT2D eigenvalue weighted by Gasteiger charge is -2.41. The van der Waals surface area contributed by atoms with Crippen molar-refractivity contribution >= 4 is 5.91 Å². The van der Waals surface area contributed by atoms with E-state index in [1.54, 1.807) is 12.1 Å². The van der Waals surface area contributed by atoms with Crippen LogP contribution in [0.5, 0.6) is 0 Å². The predicted octanol–water partition coefficient (Wildman–Crippen LogP) is 3.85. The Balaban J connectivity index is 1.31. The molecule has 2 atom stereocenters. The molecule has 2 aromatic rings. The van der Waals surface area contributed by atoms with Gasteiger partial charge in [-0.1, -0.05) is 24.4 Å². The number of likely N-dealkylation sites (tertiary alicyclic amines) is 1. The number of carbonyl (C=O) groups excluding carboxylic acids is 1. The third-order valence-electron chi connectivity index (χ3n) is 5.77. The first-order valence-corrected chi connectivity index (χ1v) is 9.55. The molecular formula is C20H24FN3O2. The first-order valence-electron chi connectivity index (χ1n) is 9.55. The molecule has 2 aliphatic rings. The SMILES string of the molecule is O=C(CCc1nc(-c2ccc(F)cc2)no1)N1CC[C@@H]2CCCC[C@@H]2C1. The number of fused-ring (bicyclic) bond motifs is 1. The minimum atomic E-state index is -0.301. The Morgan fingerprint density at radius 2 is 1.92 bits per heavy atom. The van der Waals surface area contributed by atoms with Gasteiger partial charge in [0.15, 0.2) is 0 Å². The summed E-state index contributed by atoms with van der Waals surface area (Å²) in [5, 5.41) is 3.93. The van der Waals surface area contributed by atoms with E-state index in [4.69, 9.17) is 4.52 Å². The highest BCUT2D eigenvalue weighted by molar-refractivity contribution is 5.76. The van der Waals surface area contributed by atoms with Gasteiger partial charge in [0.1, 0.15) is 5.82 Å². The molecule has 0 spiro atoms. The minimum absolute atomic E-state index is 0.176. The van der Waals surface area contributed by atoms with Crippen molar-refractivity contribution < 1.29 is 13.7 Å². The molecule has 1 aromatic carbocycles. The van der Waals surface area contributed by atoms with Crippen LogP contribution in [0.4, 0.5) is 4.39 Å². The molecule has 0 N–H and O–H groups in total. The molecule has 2 heterocycles. The number of halogens is 1. The van der Waals surface area contributed by atoms with E-state index in [-0.39, 0.29) is 11.7 Å². The van der Waals surface area contributed by atoms with Crippen molar-refractivity contribution in [2.45, 2.75) is 44.9 Å². The van der Waals surface area contributed by atoms with Gasteiger partial charge in [-0.15, -0.1) is 0 Å². The fourth-order valence-corrected chi connectivity index (χ4v) is 4.27. The van der Waals surface area contributed by atoms with Crippen LogP contribution in [0.25, 0.3) is 11.4 Å². The van der Waals surface area contributed by atoms with Crippen molar-refractivity contribution in [1.29, 1.82) is 0 Å². The summed E-state index contributed by atoms with van der Waals surface area (Å²) in [7, 11) is 0. The summed E-state index contributed by atoms with van der Waals surface area (Å²) >= 11 is 0. The van der Waals surface area contributed by atoms with E-state index < -0.39 is 0 Å². The maximum absolute atomic E-state index is 13.0. The Morgan fingerprint density at radius 3 is 2.73 bits per heavy atom. The molecule has 5 nitrogen and oxygen atoms in total. The van der Waals surface area contributed by atoms with Gasteiger partial charge in [-0.3, -0.25) is 4.79 Å². The van der Waals surface area contributed by atoms with Crippen LogP contribution in [0.1, 0.15) is 44.4 Å². The van der Waals surface area contributed by atoms with Gasteiger partial charge in [0.05, 0.1) is 0 Å². The fraction of sp³-hybridized carbons (Fsp3) is 0.550. The average molecular weight is 357 g/mol. The Morgan fingerprint density at radius 1 is 1.15 bits per heavy atom. The number of benzene rings is 1. The summed E-state index contributed by atoms with van der Waals surface area (Å²) in [5.41, 5.74) is 0.701. The van der Waals surface area contributed by atoms with Gasteiger partial charge >= 0.3 is 0 Å². The summed E-state index contributed by atoms with van der Waals surface area (Å²) in [5.74, 6) is 2.26. The van der Waals surface area contributed by atoms with Crippen molar-refractivity contribution in [2.75, 3.05) is 13.1 Å². The van der Waals surface area contributed by atoms with Crippen LogP contribution >= 0.6 is 0 Å². The monoisotopic (exact) mass is 357 g/mol. The zero-order valence-electron chi connectivity index (χ0n) is 14.9. The van der Waals surface area contributed by atoms with Crippen LogP contribution in [0.3, 0.4) is 0 Å². The summed E-state index contributed by atoms with van der Waals surface area (Å²) in [6.45, 7) is 1.79. The van der Waals surface area contributed by atoms with E-state index in [9.17, 15) is 9.18 Å². The van der Waals surface area contributed by atoms with Gasteiger partial charge < -0.3 is 9.42 Å². The number of rotatable bonds is 4. The Hall–Kier alpha value is -2.24. The third-order valence-corrected chi connectivity index (χ3v) is 5.77. The molecule has 0 unspecified atom stereocenters. The summed E-state index contributed by atoms with van der Waals surface area (Å²) in [6.07, 6.45) is 7.23. The molecule has 4 rings (SSSR count). The molecule has 1 aliphatic heterocycles. The third kappa shape index (κ3) is 3.79. The average Bonchev–Trinajstić information content (AvgIpc) is 3.15. The van der Waals surface area contributed by atoms with Gasteiger partial charge in [-0.05, 0) is 48.9 Å². The molecule has 1 amide bonds. The zero-order valence-corrected chi connectivity index (χ0v) is 14.9. The number of aryl methyl sites for hydroxylation is 1. The molecule has 1 aromatic heterocycles. The first-order chi connectivity index (χ1) is 12.7. The number of carbonyl (C=O) groups is 1. The van der Waals surface area contributed by atoms with E-state index in [1.807, 2.05) is 4.90 Å². The van der Waals surface area contributed by atoms with Crippen LogP contribution in [0.2, 0.25) is 0 Å². The van der Waals surface area contributed by atoms with Crippen LogP contribution < -0.4 is 0 Å². The van der Waals surface area contributed by atoms with E-state index in [2.05, 4.69) is 10.1 Å². The van der Waals surface area contributed by atoms with Gasteiger partial charge in [0, 0.05) is 31.5 Å². The van der Waals surface area contributed by atoms with Gasteiger partial charge in [0.25, 0.3) is 0 Å². The normalized spacial score (nSPS) is 22.9. The zero-order chi connectivity index (χ0) is 17.9. The second kappa shape index (κ2) is 7.56. The molecule has 6 heteroatoms. The number of hydrogen-bond donors (Lipinski definition) is 0. The quantitative estimate of drug-likeness (QED) is 0.834. The summed E-state index contributed by atoms with van der Waals surface area (Å²) < 4.78 is 18.2. The van der Waals surface area contributed by atoms with E-state index in [0.29, 0.717) is 36.0 Å². The summed E-state index contributed by atoms with van der Waals surface area (Å²) in [6, 6.07) is 5.96. The van der Waals surface area contributed by atoms with Crippen LogP contribution in [0, 0.1) is 17.7 Å². The van der Waals surface area contributed by atoms with E-state index in [1.165, 1.54) is 37.8 Å². The number of piperidine rings is 1. The van der Waals surface area contributed by atoms with Crippen molar-refractivity contribution in [2.24, 2.45) is 11.8 Å². The standard InChI is InChI=1S/C20H24FN3O2/c21-17-7-5-15(6-8-17)20-22-18(26-23-20)9-10-19(25)24-12-11-14-3-1-2-4-16(14)13-24/h5-8,14,16H,1-4,9-13H2/t14-,16+/m0/s1. The highest BCUT2D eigenvalue weighted by Crippen LogP contribution is 2.36. The van der Waals surface area contributed by atoms with Crippen molar-refractivity contribution in [1.82, 2.24) is 15.0 Å². The molecule has 0 radical (unpaired) electrons. The minimum Gasteiger partial charge on any atom is -0.342 e. The molecule has 26 heavy (non-hydrogen) atoms. The molecule has 1 saturated carbocycles. The topological polar surface area (TPSA) is 59.2 Å². The van der Waals surface area contributed by atoms with Crippen molar-refractivity contribution in [3.8, 4) is 11.4 Å². The van der Waals surface area contributed by atoms with Gasteiger partial charge in [0.2, 0.25) is 17.6 Å². The van der Waals surface area contributed by atoms with Crippen LogP contribution in [-0.4, -0.2) is 34.0 Å². The van der Waals surface area contributed by atoms with Crippen LogP contribution in [-0.2, 0) is 11.2 Å². The molecule has 1 aliphatic carbocycles. The number of nitrogens with zero attached hydrogens (tertiary/aromatic N) is 3. The second-order valence-corrected chi connectivity index (χ2v) is 7.45. The molecule has 0 bridgehead atoms. The largest absolute Gasteiger partial charge is 0.342 e. The molecular weight excluding hydrogens is 333 g/mol. The van der Waals surface area contributed by atoms with E-state index in [0.717, 1.165) is 25.4 Å². The van der Waals surface area contributed by atoms with Crippen LogP contribution in [0.15, 0.2) is 28.8 Å². The lowest BCUT2D eigenvalue weighted by Crippen LogP contribution is -2.44. The number of amides is 1. The molecule has 1 saturated heterocycles. The number of aromatic nitrogens is 2. The fourth-order valence-electron chi connectivity index (χ4n) is 4.27. The lowest BCUT2D eigenvalue weighted by atomic mass is 9.75. The molecule has 138 valence electrons. The maximum Gasteiger partial charge on any atom is 0.227 e. The lowest BCUT2D eigenvalue weighted by molar-refractivity contribution is -0.134. The maximum atomic E-state index is 13.0. The highest BCUT2D eigenvalue weighted by atomic mass is 19.1.